The summed E-state index contributed by atoms with van der Waals surface area (Å²) < 4.78 is 10.7. The summed E-state index contributed by atoms with van der Waals surface area (Å²) >= 11 is 6.58. The number of amides is 1. The summed E-state index contributed by atoms with van der Waals surface area (Å²) in [5.74, 6) is -0.333. The molecule has 0 bridgehead atoms. The Bertz CT molecular complexity index is 1310. The molecule has 1 aliphatic heterocycles. The molecule has 0 saturated carbocycles. The van der Waals surface area contributed by atoms with Gasteiger partial charge < -0.3 is 14.6 Å². The quantitative estimate of drug-likeness (QED) is 0.488. The molecule has 4 rings (SSSR count). The van der Waals surface area contributed by atoms with E-state index in [1.54, 1.807) is 26.4 Å². The van der Waals surface area contributed by atoms with Crippen molar-refractivity contribution in [2.45, 2.75) is 32.2 Å². The molecule has 34 heavy (non-hydrogen) atoms. The van der Waals surface area contributed by atoms with Crippen LogP contribution in [0.4, 0.5) is 0 Å². The number of hydrogen-bond donors (Lipinski definition) is 1. The summed E-state index contributed by atoms with van der Waals surface area (Å²) in [5.41, 5.74) is 3.89. The average Bonchev–Trinajstić information content (AvgIpc) is 3.26. The molecule has 0 radical (unpaired) electrons. The lowest BCUT2D eigenvalue weighted by Gasteiger charge is -2.23. The summed E-state index contributed by atoms with van der Waals surface area (Å²) in [7, 11) is 3.10. The maximum Gasteiger partial charge on any atom is 0.303 e. The molecule has 1 aliphatic rings. The number of methoxy groups -OCH3 is 2. The molecule has 8 nitrogen and oxygen atoms in total. The van der Waals surface area contributed by atoms with Crippen LogP contribution in [-0.4, -0.2) is 46.9 Å². The van der Waals surface area contributed by atoms with Crippen LogP contribution in [0.2, 0.25) is 5.15 Å². The highest BCUT2D eigenvalue weighted by molar-refractivity contribution is 6.30. The van der Waals surface area contributed by atoms with Crippen molar-refractivity contribution in [2.75, 3.05) is 14.2 Å². The number of carbonyl (C=O) groups is 2. The van der Waals surface area contributed by atoms with Gasteiger partial charge in [-0.25, -0.2) is 9.99 Å². The van der Waals surface area contributed by atoms with Crippen LogP contribution < -0.4 is 9.47 Å². The second kappa shape index (κ2) is 9.69. The van der Waals surface area contributed by atoms with Crippen molar-refractivity contribution < 1.29 is 24.2 Å². The summed E-state index contributed by atoms with van der Waals surface area (Å²) in [6.07, 6.45) is -0.0777. The molecule has 0 aliphatic carbocycles. The van der Waals surface area contributed by atoms with Crippen LogP contribution in [0.3, 0.4) is 0 Å². The summed E-state index contributed by atoms with van der Waals surface area (Å²) in [5, 5.41) is 16.1. The molecule has 9 heteroatoms. The van der Waals surface area contributed by atoms with E-state index in [2.05, 4.69) is 10.1 Å². The van der Waals surface area contributed by atoms with E-state index in [9.17, 15) is 9.59 Å². The first kappa shape index (κ1) is 23.5. The second-order valence-electron chi connectivity index (χ2n) is 8.03. The first-order chi connectivity index (χ1) is 16.3. The lowest BCUT2D eigenvalue weighted by Crippen LogP contribution is -2.27. The lowest BCUT2D eigenvalue weighted by atomic mass is 9.97. The number of aliphatic carboxylic acids is 1. The Morgan fingerprint density at radius 1 is 1.09 bits per heavy atom. The minimum atomic E-state index is -1.05. The largest absolute Gasteiger partial charge is 0.493 e. The zero-order valence-corrected chi connectivity index (χ0v) is 19.8. The van der Waals surface area contributed by atoms with E-state index < -0.39 is 17.9 Å². The number of hydrazone groups is 1. The molecule has 0 spiro atoms. The van der Waals surface area contributed by atoms with Crippen molar-refractivity contribution in [3.63, 3.8) is 0 Å². The number of hydrogen-bond acceptors (Lipinski definition) is 6. The van der Waals surface area contributed by atoms with Gasteiger partial charge in [0.2, 0.25) is 5.91 Å². The second-order valence-corrected chi connectivity index (χ2v) is 8.39. The molecular formula is C25H24ClN3O5. The topological polar surface area (TPSA) is 101 Å². The van der Waals surface area contributed by atoms with E-state index in [0.29, 0.717) is 29.2 Å². The number of nitrogens with zero attached hydrogens (tertiary/aromatic N) is 3. The van der Waals surface area contributed by atoms with Gasteiger partial charge in [-0.3, -0.25) is 9.59 Å². The Morgan fingerprint density at radius 2 is 1.85 bits per heavy atom. The minimum Gasteiger partial charge on any atom is -0.493 e. The fourth-order valence-electron chi connectivity index (χ4n) is 4.00. The van der Waals surface area contributed by atoms with Crippen LogP contribution in [0, 0.1) is 6.92 Å². The number of ether oxygens (including phenoxy) is 2. The van der Waals surface area contributed by atoms with Gasteiger partial charge in [-0.15, -0.1) is 0 Å². The molecule has 1 N–H and O–H groups in total. The zero-order valence-electron chi connectivity index (χ0n) is 19.0. The predicted molar refractivity (Wildman–Crippen MR) is 129 cm³/mol. The third kappa shape index (κ3) is 4.68. The van der Waals surface area contributed by atoms with E-state index in [4.69, 9.17) is 26.2 Å². The number of pyridine rings is 1. The number of carbonyl (C=O) groups excluding carboxylic acids is 1. The molecule has 2 heterocycles. The molecule has 0 unspecified atom stereocenters. The highest BCUT2D eigenvalue weighted by atomic mass is 35.5. The van der Waals surface area contributed by atoms with Crippen molar-refractivity contribution in [3.8, 4) is 11.5 Å². The van der Waals surface area contributed by atoms with Crippen LogP contribution in [0.1, 0.15) is 42.0 Å². The Balaban J connectivity index is 1.75. The molecule has 0 fully saturated rings. The molecule has 1 aromatic heterocycles. The molecule has 1 amide bonds. The van der Waals surface area contributed by atoms with Crippen LogP contribution in [0.15, 0.2) is 47.6 Å². The summed E-state index contributed by atoms with van der Waals surface area (Å²) in [6, 6.07) is 12.7. The Kier molecular flexibility index (Phi) is 6.70. The first-order valence-electron chi connectivity index (χ1n) is 10.7. The third-order valence-corrected chi connectivity index (χ3v) is 6.05. The first-order valence-corrected chi connectivity index (χ1v) is 11.1. The summed E-state index contributed by atoms with van der Waals surface area (Å²) in [4.78, 5) is 28.6. The number of halogens is 1. The minimum absolute atomic E-state index is 0.174. The maximum absolute atomic E-state index is 13.0. The fraction of sp³-hybridized carbons (Fsp3) is 0.280. The molecule has 1 atom stereocenters. The van der Waals surface area contributed by atoms with Crippen molar-refractivity contribution in [1.29, 1.82) is 0 Å². The molecule has 176 valence electrons. The number of fused-ring (bicyclic) bond motifs is 1. The predicted octanol–water partition coefficient (Wildman–Crippen LogP) is 4.76. The van der Waals surface area contributed by atoms with Crippen molar-refractivity contribution in [2.24, 2.45) is 5.10 Å². The van der Waals surface area contributed by atoms with Gasteiger partial charge in [0.1, 0.15) is 5.15 Å². The van der Waals surface area contributed by atoms with Crippen molar-refractivity contribution in [1.82, 2.24) is 9.99 Å². The number of aryl methyl sites for hydroxylation is 1. The van der Waals surface area contributed by atoms with Gasteiger partial charge in [0.25, 0.3) is 0 Å². The normalized spacial score (nSPS) is 15.4. The van der Waals surface area contributed by atoms with E-state index in [1.165, 1.54) is 5.01 Å². The highest BCUT2D eigenvalue weighted by Gasteiger charge is 2.35. The van der Waals surface area contributed by atoms with E-state index in [1.807, 2.05) is 37.3 Å². The standard InChI is InChI=1S/C25H24ClN3O5/c1-14-4-5-15-11-17(25(26)27-18(15)10-14)20-13-19(28-29(20)23(30)8-9-24(31)32)16-6-7-21(33-2)22(12-16)34-3/h4-7,10-12,20H,8-9,13H2,1-3H3,(H,31,32)/t20-/m1/s1. The Labute approximate surface area is 201 Å². The van der Waals surface area contributed by atoms with Gasteiger partial charge >= 0.3 is 5.97 Å². The lowest BCUT2D eigenvalue weighted by molar-refractivity contribution is -0.141. The molecule has 3 aromatic rings. The van der Waals surface area contributed by atoms with Crippen molar-refractivity contribution >= 4 is 40.1 Å². The van der Waals surface area contributed by atoms with Gasteiger partial charge in [0.05, 0.1) is 37.9 Å². The van der Waals surface area contributed by atoms with Crippen molar-refractivity contribution in [3.05, 3.63) is 64.3 Å². The molecule has 0 saturated heterocycles. The molecule has 2 aromatic carbocycles. The van der Waals surface area contributed by atoms with E-state index in [0.717, 1.165) is 22.0 Å². The van der Waals surface area contributed by atoms with Crippen LogP contribution in [0.5, 0.6) is 11.5 Å². The number of rotatable bonds is 7. The average molecular weight is 482 g/mol. The fourth-order valence-corrected chi connectivity index (χ4v) is 4.28. The van der Waals surface area contributed by atoms with E-state index >= 15 is 0 Å². The van der Waals surface area contributed by atoms with Crippen LogP contribution in [0.25, 0.3) is 10.9 Å². The summed E-state index contributed by atoms with van der Waals surface area (Å²) in [6.45, 7) is 1.98. The van der Waals surface area contributed by atoms with Crippen LogP contribution in [-0.2, 0) is 9.59 Å². The number of benzene rings is 2. The molecular weight excluding hydrogens is 458 g/mol. The zero-order chi connectivity index (χ0) is 24.4. The van der Waals surface area contributed by atoms with Gasteiger partial charge in [0.15, 0.2) is 11.5 Å². The highest BCUT2D eigenvalue weighted by Crippen LogP contribution is 2.39. The number of carboxylic acid groups (broad SMARTS) is 1. The van der Waals surface area contributed by atoms with Gasteiger partial charge in [-0.1, -0.05) is 23.7 Å². The van der Waals surface area contributed by atoms with Crippen LogP contribution >= 0.6 is 11.6 Å². The Hall–Kier alpha value is -3.65. The third-order valence-electron chi connectivity index (χ3n) is 5.75. The van der Waals surface area contributed by atoms with E-state index in [-0.39, 0.29) is 18.0 Å². The van der Waals surface area contributed by atoms with Gasteiger partial charge in [-0.05, 0) is 42.8 Å². The number of carboxylic acids is 1. The monoisotopic (exact) mass is 481 g/mol. The number of aromatic nitrogens is 1. The smallest absolute Gasteiger partial charge is 0.303 e. The van der Waals surface area contributed by atoms with Gasteiger partial charge in [-0.2, -0.15) is 5.10 Å². The Morgan fingerprint density at radius 3 is 2.56 bits per heavy atom. The maximum atomic E-state index is 13.0. The SMILES string of the molecule is COc1ccc(C2=NN(C(=O)CCC(=O)O)[C@@H](c3cc4ccc(C)cc4nc3Cl)C2)cc1OC. The van der Waals surface area contributed by atoms with Gasteiger partial charge in [0, 0.05) is 29.4 Å².